The van der Waals surface area contributed by atoms with Gasteiger partial charge in [-0.15, -0.1) is 0 Å². The van der Waals surface area contributed by atoms with Crippen LogP contribution >= 0.6 is 8.60 Å². The van der Waals surface area contributed by atoms with E-state index in [4.69, 9.17) is 12.5 Å². The van der Waals surface area contributed by atoms with Crippen molar-refractivity contribution in [3.8, 4) is 0 Å². The minimum absolute atomic E-state index is 0.00180. The van der Waals surface area contributed by atoms with Crippen molar-refractivity contribution in [2.75, 3.05) is 0 Å². The summed E-state index contributed by atoms with van der Waals surface area (Å²) in [5, 5.41) is 9.64. The molecule has 2 radical (unpaired) electrons. The average Bonchev–Trinajstić information content (AvgIpc) is 2.57. The highest BCUT2D eigenvalue weighted by Gasteiger charge is 2.59. The Labute approximate surface area is 114 Å². The summed E-state index contributed by atoms with van der Waals surface area (Å²) >= 11 is 0. The van der Waals surface area contributed by atoms with Gasteiger partial charge in [-0.25, -0.2) is 4.79 Å². The molecule has 8 heteroatoms. The molecule has 2 aliphatic heterocycles. The number of β-lactam (4-membered cyclic amide) rings is 1. The van der Waals surface area contributed by atoms with Gasteiger partial charge in [0.2, 0.25) is 14.5 Å². The lowest BCUT2D eigenvalue weighted by molar-refractivity contribution is -0.162. The number of nitrogens with zero attached hydrogens (tertiary/aromatic N) is 2. The van der Waals surface area contributed by atoms with E-state index in [1.807, 2.05) is 6.92 Å². The van der Waals surface area contributed by atoms with Gasteiger partial charge in [0, 0.05) is 5.92 Å². The minimum atomic E-state index is -0.725. The minimum Gasteiger partial charge on any atom is -0.393 e. The molecule has 4 unspecified atom stereocenters. The van der Waals surface area contributed by atoms with E-state index in [2.05, 4.69) is 4.66 Å². The number of aliphatic hydroxyl groups is 1. The monoisotopic (exact) mass is 280 g/mol. The van der Waals surface area contributed by atoms with Gasteiger partial charge < -0.3 is 19.2 Å². The van der Waals surface area contributed by atoms with E-state index in [0.29, 0.717) is 0 Å². The van der Waals surface area contributed by atoms with Crippen molar-refractivity contribution >= 4 is 28.5 Å². The van der Waals surface area contributed by atoms with Gasteiger partial charge in [-0.3, -0.25) is 4.79 Å². The fraction of sp³-hybridized carbons (Fsp3) is 0.636. The molecule has 0 aromatic heterocycles. The Bertz CT molecular complexity index is 491. The van der Waals surface area contributed by atoms with Crippen LogP contribution in [-0.2, 0) is 14.1 Å². The number of hydrogen-bond donors (Lipinski definition) is 1. The van der Waals surface area contributed by atoms with Gasteiger partial charge >= 0.3 is 5.97 Å². The lowest BCUT2D eigenvalue weighted by atomic mass is 9.78. The Kier molecular flexibility index (Phi) is 3.79. The molecule has 6 nitrogen and oxygen atoms in total. The molecule has 1 amide bonds. The first-order chi connectivity index (χ1) is 8.91. The second-order valence-corrected chi connectivity index (χ2v) is 5.44. The van der Waals surface area contributed by atoms with E-state index < -0.39 is 18.0 Å². The van der Waals surface area contributed by atoms with Crippen molar-refractivity contribution in [3.63, 3.8) is 0 Å². The van der Waals surface area contributed by atoms with Crippen LogP contribution in [0, 0.1) is 11.8 Å². The molecular weight excluding hydrogens is 266 g/mol. The molecule has 0 aromatic carbocycles. The van der Waals surface area contributed by atoms with E-state index in [1.165, 1.54) is 4.90 Å². The molecule has 0 aliphatic carbocycles. The van der Waals surface area contributed by atoms with E-state index in [1.54, 1.807) is 13.8 Å². The highest BCUT2D eigenvalue weighted by atomic mass is 31.1. The third kappa shape index (κ3) is 2.01. The number of rotatable bonds is 3. The molecule has 1 saturated heterocycles. The van der Waals surface area contributed by atoms with E-state index in [9.17, 15) is 14.7 Å². The fourth-order valence-electron chi connectivity index (χ4n) is 2.84. The summed E-state index contributed by atoms with van der Waals surface area (Å²) in [6.07, 6.45) is -0.725. The molecule has 2 rings (SSSR count). The molecule has 1 fully saturated rings. The van der Waals surface area contributed by atoms with Crippen molar-refractivity contribution in [2.45, 2.75) is 32.9 Å². The zero-order valence-corrected chi connectivity index (χ0v) is 11.8. The molecule has 4 atom stereocenters. The lowest BCUT2D eigenvalue weighted by Crippen LogP contribution is -2.63. The maximum Gasteiger partial charge on any atom is 0.364 e. The number of carbonyl (C=O) groups excluding carboxylic acids is 2. The number of fused-ring (bicyclic) bond motifs is 1. The van der Waals surface area contributed by atoms with Gasteiger partial charge in [-0.05, 0) is 19.4 Å². The quantitative estimate of drug-likeness (QED) is 0.471. The summed E-state index contributed by atoms with van der Waals surface area (Å²) in [6, 6.07) is -0.165. The Balaban J connectivity index is 2.27. The van der Waals surface area contributed by atoms with Crippen LogP contribution < -0.4 is 0 Å². The second kappa shape index (κ2) is 5.06. The van der Waals surface area contributed by atoms with Crippen molar-refractivity contribution in [1.29, 1.82) is 0 Å². The molecule has 2 heterocycles. The first-order valence-electron chi connectivity index (χ1n) is 5.95. The summed E-state index contributed by atoms with van der Waals surface area (Å²) < 4.78 is 8.00. The van der Waals surface area contributed by atoms with Crippen LogP contribution in [0.25, 0.3) is 0 Å². The lowest BCUT2D eigenvalue weighted by Gasteiger charge is -2.46. The smallest absolute Gasteiger partial charge is 0.364 e. The van der Waals surface area contributed by atoms with Crippen LogP contribution in [0.5, 0.6) is 0 Å². The van der Waals surface area contributed by atoms with Crippen molar-refractivity contribution in [2.24, 2.45) is 16.5 Å². The summed E-state index contributed by atoms with van der Waals surface area (Å²) in [4.78, 5) is 25.4. The average molecular weight is 280 g/mol. The van der Waals surface area contributed by atoms with Crippen LogP contribution in [0.2, 0.25) is 0 Å². The largest absolute Gasteiger partial charge is 0.393 e. The fourth-order valence-corrected chi connectivity index (χ4v) is 3.05. The summed E-state index contributed by atoms with van der Waals surface area (Å²) in [6.45, 7) is 5.31. The topological polar surface area (TPSA) is 79.2 Å². The molecule has 0 aromatic rings. The third-order valence-electron chi connectivity index (χ3n) is 3.88. The molecule has 19 heavy (non-hydrogen) atoms. The molecule has 1 N–H and O–H groups in total. The van der Waals surface area contributed by atoms with Crippen molar-refractivity contribution in [1.82, 2.24) is 4.90 Å². The predicted molar refractivity (Wildman–Crippen MR) is 68.9 cm³/mol. The van der Waals surface area contributed by atoms with E-state index in [0.717, 1.165) is 5.57 Å². The molecule has 0 saturated carbocycles. The zero-order chi connectivity index (χ0) is 14.3. The van der Waals surface area contributed by atoms with E-state index >= 15 is 0 Å². The second-order valence-electron chi connectivity index (χ2n) is 4.86. The van der Waals surface area contributed by atoms with Crippen LogP contribution in [0.3, 0.4) is 0 Å². The zero-order valence-electron chi connectivity index (χ0n) is 10.9. The maximum atomic E-state index is 12.0. The highest BCUT2D eigenvalue weighted by Crippen LogP contribution is 2.47. The molecule has 2 aliphatic rings. The van der Waals surface area contributed by atoms with Gasteiger partial charge in [0.15, 0.2) is 0 Å². The Morgan fingerprint density at radius 1 is 1.63 bits per heavy atom. The van der Waals surface area contributed by atoms with Crippen LogP contribution in [0.1, 0.15) is 20.8 Å². The Hall–Kier alpha value is -1.20. The van der Waals surface area contributed by atoms with Crippen molar-refractivity contribution in [3.05, 3.63) is 11.3 Å². The Morgan fingerprint density at radius 3 is 2.79 bits per heavy atom. The number of carbonyl (C=O) groups is 2. The number of hydrogen-bond acceptors (Lipinski definition) is 5. The first kappa shape index (κ1) is 14.2. The number of amides is 1. The highest BCUT2D eigenvalue weighted by molar-refractivity contribution is 7.22. The summed E-state index contributed by atoms with van der Waals surface area (Å²) in [7, 11) is 4.91. The first-order valence-corrected chi connectivity index (χ1v) is 6.71. The molecule has 100 valence electrons. The SMILES string of the molecule is [B]N=POC(=O)C1=C(C)C(C)C2C(C(C)O)C(=O)N12. The Morgan fingerprint density at radius 2 is 2.26 bits per heavy atom. The summed E-state index contributed by atoms with van der Waals surface area (Å²) in [5.41, 5.74) is 1.05. The van der Waals surface area contributed by atoms with Crippen LogP contribution in [-0.4, -0.2) is 42.0 Å². The van der Waals surface area contributed by atoms with E-state index in [-0.39, 0.29) is 32.2 Å². The van der Waals surface area contributed by atoms with Crippen LogP contribution in [0.4, 0.5) is 0 Å². The van der Waals surface area contributed by atoms with Gasteiger partial charge in [0.25, 0.3) is 7.98 Å². The van der Waals surface area contributed by atoms with Gasteiger partial charge in [0.05, 0.1) is 18.1 Å². The number of aliphatic hydroxyl groups excluding tert-OH is 1. The molecule has 0 bridgehead atoms. The maximum absolute atomic E-state index is 12.0. The standard InChI is InChI=1S/C11H14BN2O4P/c1-4-5(2)9(11(17)18-19-13-12)14-8(4)7(6(3)15)10(14)16/h4,6-8,15H,1-3H3. The normalized spacial score (nSPS) is 31.5. The van der Waals surface area contributed by atoms with Crippen molar-refractivity contribution < 1.29 is 19.2 Å². The predicted octanol–water partition coefficient (Wildman–Crippen LogP) is 0.789. The van der Waals surface area contributed by atoms with Gasteiger partial charge in [-0.2, -0.15) is 0 Å². The third-order valence-corrected chi connectivity index (χ3v) is 4.22. The summed E-state index contributed by atoms with van der Waals surface area (Å²) in [5.74, 6) is -1.28. The molecule has 0 spiro atoms. The van der Waals surface area contributed by atoms with Gasteiger partial charge in [-0.1, -0.05) is 6.92 Å². The van der Waals surface area contributed by atoms with Gasteiger partial charge in [0.1, 0.15) is 5.70 Å². The van der Waals surface area contributed by atoms with Crippen LogP contribution in [0.15, 0.2) is 15.9 Å². The molecular formula is C11H14BN2O4P.